The summed E-state index contributed by atoms with van der Waals surface area (Å²) < 4.78 is 14.7. The third-order valence-electron chi connectivity index (χ3n) is 3.74. The average Bonchev–Trinajstić information content (AvgIpc) is 2.65. The lowest BCUT2D eigenvalue weighted by Crippen LogP contribution is -2.39. The number of rotatable bonds is 4. The number of anilines is 1. The Morgan fingerprint density at radius 2 is 1.88 bits per heavy atom. The Balaban J connectivity index is 2.71. The summed E-state index contributed by atoms with van der Waals surface area (Å²) in [7, 11) is 2.29. The van der Waals surface area contributed by atoms with Crippen LogP contribution in [0.2, 0.25) is 0 Å². The predicted molar refractivity (Wildman–Crippen MR) is 87.2 cm³/mol. The van der Waals surface area contributed by atoms with E-state index in [4.69, 9.17) is 9.47 Å². The Kier molecular flexibility index (Phi) is 5.59. The number of carbonyl (C=O) groups excluding carboxylic acids is 3. The molecule has 0 aromatic heterocycles. The highest BCUT2D eigenvalue weighted by molar-refractivity contribution is 6.04. The quantitative estimate of drug-likeness (QED) is 0.614. The molecular weight excluding hydrogens is 344 g/mol. The zero-order chi connectivity index (χ0) is 19.4. The van der Waals surface area contributed by atoms with Crippen molar-refractivity contribution < 1.29 is 33.7 Å². The molecule has 0 unspecified atom stereocenters. The first-order valence-electron chi connectivity index (χ1n) is 7.38. The number of nitriles is 1. The summed E-state index contributed by atoms with van der Waals surface area (Å²) in [4.78, 5) is 37.0. The molecule has 9 heteroatoms. The Bertz CT molecular complexity index is 851. The van der Waals surface area contributed by atoms with E-state index < -0.39 is 17.7 Å². The van der Waals surface area contributed by atoms with E-state index in [1.54, 1.807) is 0 Å². The molecular formula is C17H16N2O7. The molecule has 0 saturated carbocycles. The van der Waals surface area contributed by atoms with Gasteiger partial charge < -0.3 is 24.2 Å². The first-order chi connectivity index (χ1) is 12.3. The molecule has 9 nitrogen and oxygen atoms in total. The van der Waals surface area contributed by atoms with E-state index in [2.05, 4.69) is 4.74 Å². The summed E-state index contributed by atoms with van der Waals surface area (Å²) in [6.07, 6.45) is 0. The van der Waals surface area contributed by atoms with Gasteiger partial charge in [0.1, 0.15) is 24.2 Å². The number of ether oxygens (including phenoxy) is 3. The first-order valence-corrected chi connectivity index (χ1v) is 7.38. The van der Waals surface area contributed by atoms with Crippen LogP contribution in [-0.2, 0) is 23.8 Å². The highest BCUT2D eigenvalue weighted by atomic mass is 16.5. The Labute approximate surface area is 149 Å². The second-order valence-electron chi connectivity index (χ2n) is 5.27. The van der Waals surface area contributed by atoms with Crippen LogP contribution in [0.25, 0.3) is 0 Å². The smallest absolute Gasteiger partial charge is 0.355 e. The van der Waals surface area contributed by atoms with Gasteiger partial charge in [-0.3, -0.25) is 4.79 Å². The van der Waals surface area contributed by atoms with E-state index in [-0.39, 0.29) is 47.2 Å². The van der Waals surface area contributed by atoms with Crippen molar-refractivity contribution >= 4 is 23.4 Å². The van der Waals surface area contributed by atoms with Crippen molar-refractivity contribution in [3.05, 3.63) is 34.5 Å². The molecule has 0 radical (unpaired) electrons. The first kappa shape index (κ1) is 19.0. The topological polar surface area (TPSA) is 126 Å². The molecule has 1 heterocycles. The average molecular weight is 360 g/mol. The molecule has 0 fully saturated rings. The van der Waals surface area contributed by atoms with Crippen LogP contribution in [0.15, 0.2) is 23.4 Å². The Morgan fingerprint density at radius 1 is 1.23 bits per heavy atom. The van der Waals surface area contributed by atoms with Crippen LogP contribution in [0.5, 0.6) is 5.75 Å². The zero-order valence-electron chi connectivity index (χ0n) is 14.4. The number of methoxy groups -OCH3 is 2. The second kappa shape index (κ2) is 7.67. The lowest BCUT2D eigenvalue weighted by molar-refractivity contribution is -0.140. The molecule has 1 aliphatic rings. The number of aromatic hydroxyl groups is 1. The van der Waals surface area contributed by atoms with Gasteiger partial charge in [-0.2, -0.15) is 5.26 Å². The van der Waals surface area contributed by atoms with Crippen molar-refractivity contribution in [1.29, 1.82) is 5.26 Å². The zero-order valence-corrected chi connectivity index (χ0v) is 14.4. The van der Waals surface area contributed by atoms with E-state index in [9.17, 15) is 24.8 Å². The normalized spacial score (nSPS) is 13.8. The molecule has 0 bridgehead atoms. The molecule has 26 heavy (non-hydrogen) atoms. The lowest BCUT2D eigenvalue weighted by Gasteiger charge is -2.32. The fraction of sp³-hybridized carbons (Fsp3) is 0.294. The molecule has 0 spiro atoms. The summed E-state index contributed by atoms with van der Waals surface area (Å²) >= 11 is 0. The summed E-state index contributed by atoms with van der Waals surface area (Å²) in [6, 6.07) is 4.26. The van der Waals surface area contributed by atoms with Crippen LogP contribution in [0.1, 0.15) is 22.8 Å². The lowest BCUT2D eigenvalue weighted by atomic mass is 10.0. The number of hydrogen-bond donors (Lipinski definition) is 1. The van der Waals surface area contributed by atoms with Gasteiger partial charge in [-0.05, 0) is 13.0 Å². The molecule has 1 N–H and O–H groups in total. The molecule has 2 rings (SSSR count). The number of esters is 2. The highest BCUT2D eigenvalue weighted by Gasteiger charge is 2.34. The van der Waals surface area contributed by atoms with Crippen LogP contribution in [0, 0.1) is 11.3 Å². The third kappa shape index (κ3) is 3.36. The fourth-order valence-corrected chi connectivity index (χ4v) is 2.51. The molecule has 1 aromatic carbocycles. The molecule has 1 aromatic rings. The van der Waals surface area contributed by atoms with Crippen molar-refractivity contribution in [2.24, 2.45) is 0 Å². The minimum Gasteiger partial charge on any atom is -0.507 e. The SMILES string of the molecule is COC(=O)C1=C(C(=O)OC)N(c2cc(O)c(C(C)=O)cc2C#N)COC1. The number of phenolic OH excluding ortho intramolecular Hbond substituents is 1. The summed E-state index contributed by atoms with van der Waals surface area (Å²) in [5.74, 6) is -2.44. The van der Waals surface area contributed by atoms with Gasteiger partial charge in [-0.1, -0.05) is 0 Å². The van der Waals surface area contributed by atoms with Crippen LogP contribution in [0.4, 0.5) is 5.69 Å². The number of hydrogen-bond acceptors (Lipinski definition) is 9. The fourth-order valence-electron chi connectivity index (χ4n) is 2.51. The monoisotopic (exact) mass is 360 g/mol. The largest absolute Gasteiger partial charge is 0.507 e. The van der Waals surface area contributed by atoms with Crippen LogP contribution >= 0.6 is 0 Å². The number of ketones is 1. The minimum absolute atomic E-state index is 0.00381. The van der Waals surface area contributed by atoms with Crippen molar-refractivity contribution in [2.45, 2.75) is 6.92 Å². The standard InChI is InChI=1S/C17H16N2O7/c1-9(20)11-4-10(6-18)13(5-14(11)21)19-8-26-7-12(16(22)24-2)15(19)17(23)25-3/h4-5,21H,7-8H2,1-3H3. The maximum atomic E-state index is 12.3. The van der Waals surface area contributed by atoms with Crippen molar-refractivity contribution in [3.8, 4) is 11.8 Å². The number of nitrogens with zero attached hydrogens (tertiary/aromatic N) is 2. The van der Waals surface area contributed by atoms with Crippen molar-refractivity contribution in [1.82, 2.24) is 0 Å². The Morgan fingerprint density at radius 3 is 2.42 bits per heavy atom. The molecule has 0 aliphatic carbocycles. The second-order valence-corrected chi connectivity index (χ2v) is 5.27. The van der Waals surface area contributed by atoms with E-state index in [1.165, 1.54) is 17.9 Å². The molecule has 136 valence electrons. The van der Waals surface area contributed by atoms with Gasteiger partial charge in [0.25, 0.3) is 0 Å². The number of Topliss-reactive ketones (excluding diaryl/α,β-unsaturated/α-hetero) is 1. The number of carbonyl (C=O) groups is 3. The van der Waals surface area contributed by atoms with Gasteiger partial charge in [0, 0.05) is 6.07 Å². The van der Waals surface area contributed by atoms with Crippen LogP contribution in [0.3, 0.4) is 0 Å². The van der Waals surface area contributed by atoms with E-state index in [0.717, 1.165) is 20.3 Å². The highest BCUT2D eigenvalue weighted by Crippen LogP contribution is 2.34. The van der Waals surface area contributed by atoms with Gasteiger partial charge >= 0.3 is 11.9 Å². The van der Waals surface area contributed by atoms with Crippen LogP contribution < -0.4 is 4.90 Å². The summed E-state index contributed by atoms with van der Waals surface area (Å²) in [5.41, 5.74) is -0.220. The van der Waals surface area contributed by atoms with Crippen molar-refractivity contribution in [2.75, 3.05) is 32.5 Å². The Hall–Kier alpha value is -3.38. The number of phenols is 1. The van der Waals surface area contributed by atoms with Gasteiger partial charge in [0.15, 0.2) is 5.78 Å². The van der Waals surface area contributed by atoms with Gasteiger partial charge in [-0.25, -0.2) is 9.59 Å². The van der Waals surface area contributed by atoms with E-state index in [0.29, 0.717) is 0 Å². The summed E-state index contributed by atoms with van der Waals surface area (Å²) in [6.45, 7) is 0.875. The van der Waals surface area contributed by atoms with Gasteiger partial charge in [0.2, 0.25) is 0 Å². The predicted octanol–water partition coefficient (Wildman–Crippen LogP) is 0.861. The summed E-state index contributed by atoms with van der Waals surface area (Å²) in [5, 5.41) is 19.5. The van der Waals surface area contributed by atoms with Gasteiger partial charge in [0.05, 0.1) is 43.2 Å². The molecule has 1 aliphatic heterocycles. The third-order valence-corrected chi connectivity index (χ3v) is 3.74. The number of benzene rings is 1. The van der Waals surface area contributed by atoms with E-state index >= 15 is 0 Å². The maximum absolute atomic E-state index is 12.3. The van der Waals surface area contributed by atoms with Crippen LogP contribution in [-0.4, -0.2) is 50.4 Å². The molecule has 0 saturated heterocycles. The minimum atomic E-state index is -0.840. The van der Waals surface area contributed by atoms with Gasteiger partial charge in [-0.15, -0.1) is 0 Å². The van der Waals surface area contributed by atoms with Crippen molar-refractivity contribution in [3.63, 3.8) is 0 Å². The maximum Gasteiger partial charge on any atom is 0.355 e. The molecule has 0 amide bonds. The molecule has 0 atom stereocenters. The van der Waals surface area contributed by atoms with E-state index in [1.807, 2.05) is 6.07 Å².